The zero-order chi connectivity index (χ0) is 14.5. The van der Waals surface area contributed by atoms with Gasteiger partial charge in [0.1, 0.15) is 0 Å². The Balaban J connectivity index is 1.67. The van der Waals surface area contributed by atoms with Crippen molar-refractivity contribution >= 4 is 28.6 Å². The molecule has 0 spiro atoms. The van der Waals surface area contributed by atoms with Crippen molar-refractivity contribution in [1.82, 2.24) is 10.3 Å². The van der Waals surface area contributed by atoms with E-state index in [0.717, 1.165) is 22.4 Å². The third kappa shape index (κ3) is 3.56. The van der Waals surface area contributed by atoms with Crippen molar-refractivity contribution in [3.8, 4) is 11.3 Å². The Morgan fingerprint density at radius 3 is 2.76 bits per heavy atom. The van der Waals surface area contributed by atoms with E-state index in [4.69, 9.17) is 0 Å². The predicted octanol–water partition coefficient (Wildman–Crippen LogP) is 3.73. The molecule has 0 bridgehead atoms. The van der Waals surface area contributed by atoms with Gasteiger partial charge in [-0.3, -0.25) is 9.78 Å². The Morgan fingerprint density at radius 2 is 2.00 bits per heavy atom. The lowest BCUT2D eigenvalue weighted by Gasteiger charge is -2.08. The van der Waals surface area contributed by atoms with Gasteiger partial charge in [0.15, 0.2) is 0 Å². The Morgan fingerprint density at radius 1 is 1.14 bits per heavy atom. The Hall–Kier alpha value is -1.98. The summed E-state index contributed by atoms with van der Waals surface area (Å²) in [4.78, 5) is 16.4. The minimum atomic E-state index is 0.0357. The van der Waals surface area contributed by atoms with Gasteiger partial charge in [0.05, 0.1) is 12.1 Å². The second kappa shape index (κ2) is 6.65. The first-order chi connectivity index (χ1) is 10.3. The van der Waals surface area contributed by atoms with E-state index in [2.05, 4.69) is 15.7 Å². The van der Waals surface area contributed by atoms with Crippen LogP contribution in [0.1, 0.15) is 11.1 Å². The maximum Gasteiger partial charge on any atom is 0.224 e. The number of hydrogen-bond acceptors (Lipinski definition) is 4. The van der Waals surface area contributed by atoms with Crippen molar-refractivity contribution < 1.29 is 4.79 Å². The summed E-state index contributed by atoms with van der Waals surface area (Å²) in [5.74, 6) is 0.0357. The molecule has 0 saturated heterocycles. The van der Waals surface area contributed by atoms with E-state index >= 15 is 0 Å². The third-order valence-corrected chi connectivity index (χ3v) is 4.52. The van der Waals surface area contributed by atoms with Crippen LogP contribution in [0.4, 0.5) is 0 Å². The summed E-state index contributed by atoms with van der Waals surface area (Å²) in [6.45, 7) is 0.502. The second-order valence-electron chi connectivity index (χ2n) is 4.61. The molecule has 0 aromatic carbocycles. The molecule has 3 aromatic heterocycles. The smallest absolute Gasteiger partial charge is 0.224 e. The maximum atomic E-state index is 12.0. The standard InChI is InChI=1S/C16H14N2OS2/c19-15(8-12-3-6-20-10-12)18-9-13-2-1-5-17-16(13)14-4-7-21-11-14/h1-7,10-11H,8-9H2,(H,18,19). The number of nitrogens with zero attached hydrogens (tertiary/aromatic N) is 1. The van der Waals surface area contributed by atoms with Crippen LogP contribution in [-0.2, 0) is 17.8 Å². The van der Waals surface area contributed by atoms with Crippen LogP contribution < -0.4 is 5.32 Å². The number of thiophene rings is 2. The quantitative estimate of drug-likeness (QED) is 0.779. The van der Waals surface area contributed by atoms with Crippen LogP contribution >= 0.6 is 22.7 Å². The highest BCUT2D eigenvalue weighted by Gasteiger charge is 2.09. The average molecular weight is 314 g/mol. The molecule has 0 fully saturated rings. The van der Waals surface area contributed by atoms with Gasteiger partial charge >= 0.3 is 0 Å². The van der Waals surface area contributed by atoms with Crippen molar-refractivity contribution in [3.05, 3.63) is 63.1 Å². The minimum Gasteiger partial charge on any atom is -0.352 e. The summed E-state index contributed by atoms with van der Waals surface area (Å²) < 4.78 is 0. The van der Waals surface area contributed by atoms with Crippen molar-refractivity contribution in [1.29, 1.82) is 0 Å². The molecule has 0 aliphatic carbocycles. The molecule has 0 atom stereocenters. The number of nitrogens with one attached hydrogen (secondary N) is 1. The molecule has 0 aliphatic rings. The van der Waals surface area contributed by atoms with Gasteiger partial charge < -0.3 is 5.32 Å². The van der Waals surface area contributed by atoms with Crippen molar-refractivity contribution in [2.24, 2.45) is 0 Å². The number of aromatic nitrogens is 1. The maximum absolute atomic E-state index is 12.0. The van der Waals surface area contributed by atoms with Gasteiger partial charge in [0.2, 0.25) is 5.91 Å². The van der Waals surface area contributed by atoms with E-state index in [0.29, 0.717) is 13.0 Å². The zero-order valence-electron chi connectivity index (χ0n) is 11.3. The largest absolute Gasteiger partial charge is 0.352 e. The van der Waals surface area contributed by atoms with Gasteiger partial charge in [-0.2, -0.15) is 22.7 Å². The van der Waals surface area contributed by atoms with Crippen LogP contribution in [0.15, 0.2) is 52.0 Å². The van der Waals surface area contributed by atoms with Crippen LogP contribution in [0.5, 0.6) is 0 Å². The lowest BCUT2D eigenvalue weighted by molar-refractivity contribution is -0.120. The van der Waals surface area contributed by atoms with E-state index in [9.17, 15) is 4.79 Å². The normalized spacial score (nSPS) is 10.5. The first-order valence-electron chi connectivity index (χ1n) is 6.57. The SMILES string of the molecule is O=C(Cc1ccsc1)NCc1cccnc1-c1ccsc1. The van der Waals surface area contributed by atoms with Gasteiger partial charge in [0.25, 0.3) is 0 Å². The molecule has 0 radical (unpaired) electrons. The highest BCUT2D eigenvalue weighted by Crippen LogP contribution is 2.23. The number of hydrogen-bond donors (Lipinski definition) is 1. The fourth-order valence-electron chi connectivity index (χ4n) is 2.08. The molecule has 3 rings (SSSR count). The summed E-state index contributed by atoms with van der Waals surface area (Å²) in [5.41, 5.74) is 4.13. The average Bonchev–Trinajstić information content (AvgIpc) is 3.18. The van der Waals surface area contributed by atoms with Crippen LogP contribution in [0.3, 0.4) is 0 Å². The number of pyridine rings is 1. The van der Waals surface area contributed by atoms with E-state index < -0.39 is 0 Å². The van der Waals surface area contributed by atoms with Gasteiger partial charge in [-0.25, -0.2) is 0 Å². The van der Waals surface area contributed by atoms with Gasteiger partial charge in [-0.05, 0) is 45.5 Å². The molecule has 3 nitrogen and oxygen atoms in total. The predicted molar refractivity (Wildman–Crippen MR) is 87.4 cm³/mol. The minimum absolute atomic E-state index is 0.0357. The summed E-state index contributed by atoms with van der Waals surface area (Å²) in [7, 11) is 0. The summed E-state index contributed by atoms with van der Waals surface area (Å²) in [5, 5.41) is 11.1. The van der Waals surface area contributed by atoms with Gasteiger partial charge in [0, 0.05) is 23.7 Å². The molecule has 3 heterocycles. The first kappa shape index (κ1) is 14.0. The van der Waals surface area contributed by atoms with E-state index in [-0.39, 0.29) is 5.91 Å². The van der Waals surface area contributed by atoms with Crippen LogP contribution in [0.25, 0.3) is 11.3 Å². The van der Waals surface area contributed by atoms with Crippen LogP contribution in [-0.4, -0.2) is 10.9 Å². The third-order valence-electron chi connectivity index (χ3n) is 3.11. The molecular formula is C16H14N2OS2. The summed E-state index contributed by atoms with van der Waals surface area (Å²) in [6, 6.07) is 7.93. The van der Waals surface area contributed by atoms with E-state index in [1.54, 1.807) is 28.9 Å². The molecule has 1 amide bonds. The lowest BCUT2D eigenvalue weighted by Crippen LogP contribution is -2.24. The van der Waals surface area contributed by atoms with Crippen molar-refractivity contribution in [2.45, 2.75) is 13.0 Å². The Kier molecular flexibility index (Phi) is 4.43. The fourth-order valence-corrected chi connectivity index (χ4v) is 3.38. The molecule has 0 aliphatic heterocycles. The summed E-state index contributed by atoms with van der Waals surface area (Å²) in [6.07, 6.45) is 2.21. The van der Waals surface area contributed by atoms with Crippen LogP contribution in [0, 0.1) is 0 Å². The van der Waals surface area contributed by atoms with Crippen LogP contribution in [0.2, 0.25) is 0 Å². The number of carbonyl (C=O) groups excluding carboxylic acids is 1. The Labute approximate surface area is 131 Å². The van der Waals surface area contributed by atoms with Crippen molar-refractivity contribution in [2.75, 3.05) is 0 Å². The lowest BCUT2D eigenvalue weighted by atomic mass is 10.1. The molecule has 0 saturated carbocycles. The molecule has 5 heteroatoms. The fraction of sp³-hybridized carbons (Fsp3) is 0.125. The highest BCUT2D eigenvalue weighted by molar-refractivity contribution is 7.08. The zero-order valence-corrected chi connectivity index (χ0v) is 12.9. The molecule has 1 N–H and O–H groups in total. The highest BCUT2D eigenvalue weighted by atomic mass is 32.1. The number of rotatable bonds is 5. The number of carbonyl (C=O) groups is 1. The van der Waals surface area contributed by atoms with E-state index in [1.807, 2.05) is 40.4 Å². The molecule has 21 heavy (non-hydrogen) atoms. The van der Waals surface area contributed by atoms with Gasteiger partial charge in [-0.15, -0.1) is 0 Å². The molecule has 3 aromatic rings. The van der Waals surface area contributed by atoms with Crippen molar-refractivity contribution in [3.63, 3.8) is 0 Å². The topological polar surface area (TPSA) is 42.0 Å². The molecule has 0 unspecified atom stereocenters. The Bertz CT molecular complexity index is 706. The van der Waals surface area contributed by atoms with E-state index in [1.165, 1.54) is 0 Å². The monoisotopic (exact) mass is 314 g/mol. The molecule has 106 valence electrons. The first-order valence-corrected chi connectivity index (χ1v) is 8.46. The second-order valence-corrected chi connectivity index (χ2v) is 6.17. The summed E-state index contributed by atoms with van der Waals surface area (Å²) >= 11 is 3.25. The molecular weight excluding hydrogens is 300 g/mol. The van der Waals surface area contributed by atoms with Gasteiger partial charge in [-0.1, -0.05) is 6.07 Å². The number of amides is 1.